The number of rotatable bonds is 8. The normalized spacial score (nSPS) is 22.3. The number of hydrogen-bond acceptors (Lipinski definition) is 4. The summed E-state index contributed by atoms with van der Waals surface area (Å²) < 4.78 is 1.85. The van der Waals surface area contributed by atoms with E-state index in [1.807, 2.05) is 4.68 Å². The Bertz CT molecular complexity index is 996. The van der Waals surface area contributed by atoms with Crippen molar-refractivity contribution in [3.8, 4) is 0 Å². The van der Waals surface area contributed by atoms with Gasteiger partial charge >= 0.3 is 5.97 Å². The number of nitrogens with one attached hydrogen (secondary N) is 1. The van der Waals surface area contributed by atoms with E-state index in [1.54, 1.807) is 42.2 Å². The Balaban J connectivity index is 1.49. The minimum atomic E-state index is -0.940. The number of nitrogens with zero attached hydrogens (tertiary/aromatic N) is 2. The zero-order valence-electron chi connectivity index (χ0n) is 18.0. The number of carbonyl (C=O) groups excluding carboxylic acids is 1. The van der Waals surface area contributed by atoms with Crippen molar-refractivity contribution in [2.45, 2.75) is 57.1 Å². The molecule has 6 nitrogen and oxygen atoms in total. The highest BCUT2D eigenvalue weighted by Crippen LogP contribution is 2.43. The molecule has 1 saturated carbocycles. The third kappa shape index (κ3) is 4.71. The molecular weight excluding hydrogens is 410 g/mol. The van der Waals surface area contributed by atoms with Crippen molar-refractivity contribution in [1.82, 2.24) is 15.1 Å². The van der Waals surface area contributed by atoms with E-state index in [2.05, 4.69) is 30.3 Å². The standard InChI is InChI=1S/C24H29N3O3S/c1-3-10-31-23-20(22(28)26-21-12-18-7-4-15(2)11-19(18)21)13-25-27(23)14-16-5-8-17(9-6-16)24(29)30/h5-9,13,15,19,21H,3-4,10-12,14H2,1-2H3,(H,26,28)(H,29,30)/t15-,19-,21?/m0/s1. The number of benzene rings is 1. The monoisotopic (exact) mass is 439 g/mol. The van der Waals surface area contributed by atoms with Crippen LogP contribution in [0.15, 0.2) is 47.1 Å². The van der Waals surface area contributed by atoms with Crippen molar-refractivity contribution in [2.75, 3.05) is 5.75 Å². The molecule has 0 bridgehead atoms. The van der Waals surface area contributed by atoms with E-state index in [9.17, 15) is 9.59 Å². The van der Waals surface area contributed by atoms with Crippen LogP contribution >= 0.6 is 11.8 Å². The summed E-state index contributed by atoms with van der Waals surface area (Å²) in [5.41, 5.74) is 3.34. The molecule has 1 amide bonds. The highest BCUT2D eigenvalue weighted by Gasteiger charge is 2.39. The number of carboxylic acid groups (broad SMARTS) is 1. The summed E-state index contributed by atoms with van der Waals surface area (Å²) in [6, 6.07) is 7.01. The number of hydrogen-bond donors (Lipinski definition) is 2. The lowest BCUT2D eigenvalue weighted by Crippen LogP contribution is -2.49. The van der Waals surface area contributed by atoms with Gasteiger partial charge in [-0.05, 0) is 55.1 Å². The Kier molecular flexibility index (Phi) is 6.51. The van der Waals surface area contributed by atoms with Gasteiger partial charge in [-0.2, -0.15) is 5.10 Å². The number of allylic oxidation sites excluding steroid dienone is 1. The van der Waals surface area contributed by atoms with Gasteiger partial charge in [0, 0.05) is 12.0 Å². The summed E-state index contributed by atoms with van der Waals surface area (Å²) in [6.45, 7) is 4.89. The Hall–Kier alpha value is -2.54. The van der Waals surface area contributed by atoms with Crippen molar-refractivity contribution in [3.63, 3.8) is 0 Å². The van der Waals surface area contributed by atoms with E-state index in [0.717, 1.165) is 42.0 Å². The first-order chi connectivity index (χ1) is 15.0. The van der Waals surface area contributed by atoms with Crippen LogP contribution < -0.4 is 5.32 Å². The fraction of sp³-hybridized carbons (Fsp3) is 0.458. The number of aromatic carboxylic acids is 1. The second kappa shape index (κ2) is 9.30. The van der Waals surface area contributed by atoms with Gasteiger partial charge < -0.3 is 10.4 Å². The first-order valence-electron chi connectivity index (χ1n) is 11.0. The zero-order chi connectivity index (χ0) is 22.0. The van der Waals surface area contributed by atoms with E-state index >= 15 is 0 Å². The molecule has 1 unspecified atom stereocenters. The van der Waals surface area contributed by atoms with Gasteiger partial charge in [0.1, 0.15) is 5.03 Å². The second-order valence-electron chi connectivity index (χ2n) is 8.62. The highest BCUT2D eigenvalue weighted by atomic mass is 32.2. The average molecular weight is 440 g/mol. The first-order valence-corrected chi connectivity index (χ1v) is 12.0. The molecule has 0 spiro atoms. The molecule has 164 valence electrons. The van der Waals surface area contributed by atoms with E-state index in [4.69, 9.17) is 5.11 Å². The predicted molar refractivity (Wildman–Crippen MR) is 122 cm³/mol. The van der Waals surface area contributed by atoms with Crippen molar-refractivity contribution in [1.29, 1.82) is 0 Å². The van der Waals surface area contributed by atoms with Crippen LogP contribution in [-0.4, -0.2) is 38.6 Å². The smallest absolute Gasteiger partial charge is 0.335 e. The lowest BCUT2D eigenvalue weighted by atomic mass is 9.66. The van der Waals surface area contributed by atoms with Gasteiger partial charge in [-0.3, -0.25) is 9.48 Å². The SMILES string of the molecule is CCCSc1c(C(=O)NC2CC3=CC[C@H](C)C[C@@H]32)cnn1Cc1ccc(C(=O)O)cc1. The highest BCUT2D eigenvalue weighted by molar-refractivity contribution is 7.99. The summed E-state index contributed by atoms with van der Waals surface area (Å²) in [4.78, 5) is 24.2. The van der Waals surface area contributed by atoms with Gasteiger partial charge in [0.15, 0.2) is 0 Å². The molecule has 7 heteroatoms. The van der Waals surface area contributed by atoms with Crippen LogP contribution in [0.5, 0.6) is 0 Å². The molecule has 31 heavy (non-hydrogen) atoms. The molecule has 3 atom stereocenters. The molecule has 1 fully saturated rings. The molecule has 2 aromatic rings. The fourth-order valence-electron chi connectivity index (χ4n) is 4.40. The molecular formula is C24H29N3O3S. The Morgan fingerprint density at radius 1 is 1.29 bits per heavy atom. The summed E-state index contributed by atoms with van der Waals surface area (Å²) in [5.74, 6) is 1.08. The van der Waals surface area contributed by atoms with Crippen LogP contribution in [0.25, 0.3) is 0 Å². The van der Waals surface area contributed by atoms with E-state index < -0.39 is 5.97 Å². The van der Waals surface area contributed by atoms with E-state index in [-0.39, 0.29) is 17.5 Å². The maximum Gasteiger partial charge on any atom is 0.335 e. The van der Waals surface area contributed by atoms with Crippen LogP contribution in [-0.2, 0) is 6.54 Å². The van der Waals surface area contributed by atoms with Gasteiger partial charge in [0.2, 0.25) is 0 Å². The maximum absolute atomic E-state index is 13.1. The Labute approximate surface area is 187 Å². The van der Waals surface area contributed by atoms with Crippen molar-refractivity contribution < 1.29 is 14.7 Å². The summed E-state index contributed by atoms with van der Waals surface area (Å²) >= 11 is 1.65. The molecule has 1 aromatic carbocycles. The summed E-state index contributed by atoms with van der Waals surface area (Å²) in [6.07, 6.45) is 8.30. The van der Waals surface area contributed by atoms with Gasteiger partial charge in [0.25, 0.3) is 5.91 Å². The van der Waals surface area contributed by atoms with E-state index in [1.165, 1.54) is 5.57 Å². The van der Waals surface area contributed by atoms with Gasteiger partial charge in [-0.15, -0.1) is 11.8 Å². The molecule has 2 aliphatic rings. The van der Waals surface area contributed by atoms with Gasteiger partial charge in [-0.25, -0.2) is 4.79 Å². The van der Waals surface area contributed by atoms with Crippen molar-refractivity contribution in [3.05, 3.63) is 58.8 Å². The minimum Gasteiger partial charge on any atom is -0.478 e. The largest absolute Gasteiger partial charge is 0.478 e. The Morgan fingerprint density at radius 3 is 2.77 bits per heavy atom. The molecule has 0 aliphatic heterocycles. The number of fused-ring (bicyclic) bond motifs is 1. The van der Waals surface area contributed by atoms with Gasteiger partial charge in [0.05, 0.1) is 23.9 Å². The quantitative estimate of drug-likeness (QED) is 0.464. The van der Waals surface area contributed by atoms with Crippen LogP contribution in [0.1, 0.15) is 65.8 Å². The number of carbonyl (C=O) groups is 2. The molecule has 4 rings (SSSR count). The third-order valence-electron chi connectivity index (χ3n) is 6.18. The lowest BCUT2D eigenvalue weighted by molar-refractivity contribution is 0.0696. The molecule has 2 N–H and O–H groups in total. The first kappa shape index (κ1) is 21.7. The third-order valence-corrected chi connectivity index (χ3v) is 7.50. The lowest BCUT2D eigenvalue weighted by Gasteiger charge is -2.44. The van der Waals surface area contributed by atoms with Crippen LogP contribution in [0.3, 0.4) is 0 Å². The number of aromatic nitrogens is 2. The van der Waals surface area contributed by atoms with Crippen molar-refractivity contribution >= 4 is 23.6 Å². The van der Waals surface area contributed by atoms with Crippen LogP contribution in [0, 0.1) is 11.8 Å². The van der Waals surface area contributed by atoms with Gasteiger partial charge in [-0.1, -0.05) is 37.6 Å². The zero-order valence-corrected chi connectivity index (χ0v) is 18.8. The maximum atomic E-state index is 13.1. The topological polar surface area (TPSA) is 84.2 Å². The molecule has 2 aliphatic carbocycles. The summed E-state index contributed by atoms with van der Waals surface area (Å²) in [5, 5.41) is 17.7. The van der Waals surface area contributed by atoms with Crippen molar-refractivity contribution in [2.24, 2.45) is 11.8 Å². The second-order valence-corrected chi connectivity index (χ2v) is 9.70. The molecule has 1 heterocycles. The Morgan fingerprint density at radius 2 is 2.06 bits per heavy atom. The molecule has 0 radical (unpaired) electrons. The molecule has 1 aromatic heterocycles. The minimum absolute atomic E-state index is 0.0478. The summed E-state index contributed by atoms with van der Waals surface area (Å²) in [7, 11) is 0. The average Bonchev–Trinajstić information content (AvgIpc) is 3.14. The van der Waals surface area contributed by atoms with Crippen LogP contribution in [0.2, 0.25) is 0 Å². The number of amides is 1. The van der Waals surface area contributed by atoms with E-state index in [0.29, 0.717) is 23.9 Å². The predicted octanol–water partition coefficient (Wildman–Crippen LogP) is 4.61. The number of thioether (sulfide) groups is 1. The van der Waals surface area contributed by atoms with Crippen LogP contribution in [0.4, 0.5) is 0 Å². The fourth-order valence-corrected chi connectivity index (χ4v) is 5.35. The number of carboxylic acids is 1. The molecule has 0 saturated heterocycles.